The molecular weight excluding hydrogens is 408 g/mol. The number of halogens is 1. The third-order valence-corrected chi connectivity index (χ3v) is 4.66. The molecule has 0 saturated carbocycles. The summed E-state index contributed by atoms with van der Waals surface area (Å²) in [5.41, 5.74) is 3.25. The van der Waals surface area contributed by atoms with Crippen LogP contribution in [-0.4, -0.2) is 10.1 Å². The molecule has 3 rings (SSSR count). The number of nitrogens with one attached hydrogen (secondary N) is 1. The third-order valence-electron chi connectivity index (χ3n) is 3.84. The summed E-state index contributed by atoms with van der Waals surface area (Å²) in [5, 5.41) is 14.1. The molecule has 26 heavy (non-hydrogen) atoms. The molecule has 0 aliphatic carbocycles. The molecule has 0 amide bonds. The average Bonchev–Trinajstić information content (AvgIpc) is 2.65. The summed E-state index contributed by atoms with van der Waals surface area (Å²) in [5.74, 6) is 0.110. The Morgan fingerprint density at radius 3 is 2.19 bits per heavy atom. The van der Waals surface area contributed by atoms with Gasteiger partial charge in [-0.05, 0) is 43.3 Å². The van der Waals surface area contributed by atoms with Crippen molar-refractivity contribution >= 4 is 50.3 Å². The van der Waals surface area contributed by atoms with Gasteiger partial charge in [0.15, 0.2) is 23.1 Å². The highest BCUT2D eigenvalue weighted by molar-refractivity contribution is 9.10. The second kappa shape index (κ2) is 8.25. The van der Waals surface area contributed by atoms with E-state index in [2.05, 4.69) is 21.2 Å². The fourth-order valence-electron chi connectivity index (χ4n) is 2.47. The molecule has 3 aromatic rings. The van der Waals surface area contributed by atoms with Crippen molar-refractivity contribution < 1.29 is 9.67 Å². The third kappa shape index (κ3) is 4.36. The van der Waals surface area contributed by atoms with Crippen molar-refractivity contribution in [3.8, 4) is 0 Å². The quantitative estimate of drug-likeness (QED) is 0.255. The Hall–Kier alpha value is -2.50. The highest BCUT2D eigenvalue weighted by Crippen LogP contribution is 2.21. The fourth-order valence-corrected chi connectivity index (χ4v) is 3.05. The summed E-state index contributed by atoms with van der Waals surface area (Å²) in [4.78, 5) is 0.436. The molecule has 0 saturated heterocycles. The van der Waals surface area contributed by atoms with Gasteiger partial charge in [-0.3, -0.25) is 0 Å². The van der Waals surface area contributed by atoms with Gasteiger partial charge in [0.1, 0.15) is 0 Å². The van der Waals surface area contributed by atoms with E-state index in [1.54, 1.807) is 4.57 Å². The van der Waals surface area contributed by atoms with Crippen LogP contribution in [0.1, 0.15) is 11.1 Å². The number of anilines is 1. The van der Waals surface area contributed by atoms with Gasteiger partial charge >= 0.3 is 0 Å². The molecule has 2 aromatic carbocycles. The standard InChI is InChI=1S/C21H17BrN2OS/c1-15-5-11-18(12-6-15)23-21(26)19(24-13-3-2-4-14-24)20(25)16-7-9-17(22)10-8-16/h2-14H,1H3,(H-,23,25,26)/p+1. The van der Waals surface area contributed by atoms with Crippen molar-refractivity contribution in [2.24, 2.45) is 0 Å². The van der Waals surface area contributed by atoms with Crippen LogP contribution < -0.4 is 9.88 Å². The number of nitrogens with zero attached hydrogens (tertiary/aromatic N) is 1. The summed E-state index contributed by atoms with van der Waals surface area (Å²) in [6.45, 7) is 2.03. The maximum atomic E-state index is 10.9. The summed E-state index contributed by atoms with van der Waals surface area (Å²) in [6.07, 6.45) is 3.71. The highest BCUT2D eigenvalue weighted by atomic mass is 79.9. The molecule has 2 N–H and O–H groups in total. The molecule has 1 heterocycles. The first-order valence-electron chi connectivity index (χ1n) is 8.08. The maximum absolute atomic E-state index is 10.9. The Morgan fingerprint density at radius 1 is 0.962 bits per heavy atom. The molecule has 0 aliphatic rings. The molecule has 0 aliphatic heterocycles. The summed E-state index contributed by atoms with van der Waals surface area (Å²) >= 11 is 9.03. The van der Waals surface area contributed by atoms with E-state index in [-0.39, 0.29) is 5.76 Å². The van der Waals surface area contributed by atoms with Crippen molar-refractivity contribution in [1.82, 2.24) is 0 Å². The first-order chi connectivity index (χ1) is 12.5. The molecule has 0 atom stereocenters. The monoisotopic (exact) mass is 425 g/mol. The van der Waals surface area contributed by atoms with Crippen molar-refractivity contribution in [2.75, 3.05) is 5.32 Å². The van der Waals surface area contributed by atoms with E-state index in [4.69, 9.17) is 12.2 Å². The highest BCUT2D eigenvalue weighted by Gasteiger charge is 2.23. The molecule has 1 aromatic heterocycles. The Morgan fingerprint density at radius 2 is 1.58 bits per heavy atom. The van der Waals surface area contributed by atoms with E-state index in [1.807, 2.05) is 86.0 Å². The van der Waals surface area contributed by atoms with Crippen LogP contribution in [0.4, 0.5) is 5.69 Å². The molecule has 0 spiro atoms. The summed E-state index contributed by atoms with van der Waals surface area (Å²) < 4.78 is 2.75. The van der Waals surface area contributed by atoms with Crippen LogP contribution >= 0.6 is 28.1 Å². The van der Waals surface area contributed by atoms with Crippen LogP contribution in [0.25, 0.3) is 11.5 Å². The van der Waals surface area contributed by atoms with Crippen molar-refractivity contribution in [2.45, 2.75) is 6.92 Å². The minimum Gasteiger partial charge on any atom is -0.502 e. The summed E-state index contributed by atoms with van der Waals surface area (Å²) in [6, 6.07) is 21.1. The predicted molar refractivity (Wildman–Crippen MR) is 114 cm³/mol. The molecular formula is C21H18BrN2OS+. The van der Waals surface area contributed by atoms with Crippen LogP contribution in [-0.2, 0) is 0 Å². The van der Waals surface area contributed by atoms with Crippen LogP contribution in [0, 0.1) is 6.92 Å². The van der Waals surface area contributed by atoms with E-state index < -0.39 is 0 Å². The Labute approximate surface area is 166 Å². The SMILES string of the molecule is Cc1ccc(NC(=S)/C(=C(\O)c2ccc(Br)cc2)[n+]2ccccc2)cc1. The van der Waals surface area contributed by atoms with Gasteiger partial charge < -0.3 is 10.4 Å². The Kier molecular flexibility index (Phi) is 5.81. The predicted octanol–water partition coefficient (Wildman–Crippen LogP) is 5.37. The first kappa shape index (κ1) is 18.3. The van der Waals surface area contributed by atoms with Crippen LogP contribution in [0.15, 0.2) is 83.6 Å². The Bertz CT molecular complexity index is 936. The van der Waals surface area contributed by atoms with Crippen LogP contribution in [0.2, 0.25) is 0 Å². The van der Waals surface area contributed by atoms with Gasteiger partial charge in [0.05, 0.1) is 0 Å². The number of benzene rings is 2. The van der Waals surface area contributed by atoms with E-state index in [1.165, 1.54) is 5.56 Å². The average molecular weight is 426 g/mol. The number of pyridine rings is 1. The van der Waals surface area contributed by atoms with Gasteiger partial charge in [-0.1, -0.05) is 51.9 Å². The molecule has 0 bridgehead atoms. The lowest BCUT2D eigenvalue weighted by Gasteiger charge is -2.10. The van der Waals surface area contributed by atoms with Gasteiger partial charge in [0.25, 0.3) is 5.70 Å². The van der Waals surface area contributed by atoms with Crippen molar-refractivity contribution in [1.29, 1.82) is 0 Å². The lowest BCUT2D eigenvalue weighted by atomic mass is 10.1. The lowest BCUT2D eigenvalue weighted by molar-refractivity contribution is -0.575. The number of aromatic nitrogens is 1. The lowest BCUT2D eigenvalue weighted by Crippen LogP contribution is -2.38. The van der Waals surface area contributed by atoms with Crippen molar-refractivity contribution in [3.63, 3.8) is 0 Å². The molecule has 5 heteroatoms. The van der Waals surface area contributed by atoms with Crippen LogP contribution in [0.3, 0.4) is 0 Å². The zero-order valence-electron chi connectivity index (χ0n) is 14.2. The minimum absolute atomic E-state index is 0.110. The minimum atomic E-state index is 0.110. The number of thiocarbonyl (C=S) groups is 1. The fraction of sp³-hybridized carbons (Fsp3) is 0.0476. The van der Waals surface area contributed by atoms with Gasteiger partial charge in [0, 0.05) is 27.9 Å². The van der Waals surface area contributed by atoms with Gasteiger partial charge in [-0.15, -0.1) is 0 Å². The maximum Gasteiger partial charge on any atom is 0.288 e. The molecule has 0 fully saturated rings. The van der Waals surface area contributed by atoms with E-state index in [9.17, 15) is 5.11 Å². The second-order valence-electron chi connectivity index (χ2n) is 5.81. The molecule has 3 nitrogen and oxygen atoms in total. The topological polar surface area (TPSA) is 36.1 Å². The molecule has 0 radical (unpaired) electrons. The smallest absolute Gasteiger partial charge is 0.288 e. The Balaban J connectivity index is 2.03. The molecule has 0 unspecified atom stereocenters. The normalized spacial score (nSPS) is 11.6. The molecule has 130 valence electrons. The number of aliphatic hydroxyl groups is 1. The largest absolute Gasteiger partial charge is 0.502 e. The van der Waals surface area contributed by atoms with Crippen LogP contribution in [0.5, 0.6) is 0 Å². The van der Waals surface area contributed by atoms with E-state index >= 15 is 0 Å². The van der Waals surface area contributed by atoms with Crippen molar-refractivity contribution in [3.05, 3.63) is 94.7 Å². The number of aliphatic hydroxyl groups excluding tert-OH is 1. The van der Waals surface area contributed by atoms with Gasteiger partial charge in [0.2, 0.25) is 0 Å². The number of hydrogen-bond acceptors (Lipinski definition) is 2. The van der Waals surface area contributed by atoms with E-state index in [0.29, 0.717) is 16.2 Å². The number of rotatable bonds is 4. The first-order valence-corrected chi connectivity index (χ1v) is 9.28. The zero-order chi connectivity index (χ0) is 18.5. The summed E-state index contributed by atoms with van der Waals surface area (Å²) in [7, 11) is 0. The van der Waals surface area contributed by atoms with E-state index in [0.717, 1.165) is 10.2 Å². The second-order valence-corrected chi connectivity index (χ2v) is 7.13. The zero-order valence-corrected chi connectivity index (χ0v) is 16.6. The number of hydrogen-bond donors (Lipinski definition) is 2. The van der Waals surface area contributed by atoms with Gasteiger partial charge in [-0.25, -0.2) is 0 Å². The number of aryl methyl sites for hydroxylation is 1. The van der Waals surface area contributed by atoms with Gasteiger partial charge in [-0.2, -0.15) is 4.57 Å².